The van der Waals surface area contributed by atoms with E-state index in [9.17, 15) is 4.39 Å². The first-order valence-corrected chi connectivity index (χ1v) is 6.74. The van der Waals surface area contributed by atoms with Gasteiger partial charge in [-0.2, -0.15) is 0 Å². The Balaban J connectivity index is 3.18. The Morgan fingerprint density at radius 1 is 1.32 bits per heavy atom. The second kappa shape index (κ2) is 7.46. The lowest BCUT2D eigenvalue weighted by Crippen LogP contribution is -2.35. The number of nitrogens with one attached hydrogen (secondary N) is 1. The summed E-state index contributed by atoms with van der Waals surface area (Å²) in [5.41, 5.74) is 1.66. The Hall–Kier alpha value is -1.13. The van der Waals surface area contributed by atoms with Gasteiger partial charge in [-0.05, 0) is 40.0 Å². The van der Waals surface area contributed by atoms with Crippen molar-refractivity contribution in [3.63, 3.8) is 0 Å². The summed E-state index contributed by atoms with van der Waals surface area (Å²) >= 11 is 0. The van der Waals surface area contributed by atoms with Gasteiger partial charge in [0.2, 0.25) is 0 Å². The minimum Gasteiger partial charge on any atom is -0.383 e. The van der Waals surface area contributed by atoms with Crippen molar-refractivity contribution in [2.45, 2.75) is 32.9 Å². The monoisotopic (exact) mass is 268 g/mol. The molecule has 0 saturated heterocycles. The van der Waals surface area contributed by atoms with Crippen LogP contribution in [0.3, 0.4) is 0 Å². The van der Waals surface area contributed by atoms with E-state index in [2.05, 4.69) is 24.1 Å². The first-order chi connectivity index (χ1) is 9.02. The fourth-order valence-corrected chi connectivity index (χ4v) is 2.20. The summed E-state index contributed by atoms with van der Waals surface area (Å²) in [6.45, 7) is 7.56. The molecule has 0 radical (unpaired) electrons. The summed E-state index contributed by atoms with van der Waals surface area (Å²) in [4.78, 5) is 2.18. The summed E-state index contributed by atoms with van der Waals surface area (Å²) in [6, 6.07) is 5.52. The summed E-state index contributed by atoms with van der Waals surface area (Å²) in [7, 11) is 3.52. The van der Waals surface area contributed by atoms with E-state index in [1.807, 2.05) is 20.0 Å². The van der Waals surface area contributed by atoms with E-state index in [0.29, 0.717) is 12.6 Å². The highest BCUT2D eigenvalue weighted by atomic mass is 19.1. The molecule has 0 spiro atoms. The minimum atomic E-state index is -0.164. The van der Waals surface area contributed by atoms with E-state index >= 15 is 0 Å². The molecule has 3 nitrogen and oxygen atoms in total. The van der Waals surface area contributed by atoms with Gasteiger partial charge < -0.3 is 15.0 Å². The lowest BCUT2D eigenvalue weighted by Gasteiger charge is -2.32. The second-order valence-electron chi connectivity index (χ2n) is 4.96. The average Bonchev–Trinajstić information content (AvgIpc) is 2.38. The minimum absolute atomic E-state index is 0.0278. The van der Waals surface area contributed by atoms with Crippen molar-refractivity contribution in [3.05, 3.63) is 29.6 Å². The number of anilines is 1. The zero-order valence-electron chi connectivity index (χ0n) is 12.5. The molecule has 1 aromatic carbocycles. The van der Waals surface area contributed by atoms with Crippen molar-refractivity contribution >= 4 is 5.69 Å². The fourth-order valence-electron chi connectivity index (χ4n) is 2.20. The van der Waals surface area contributed by atoms with E-state index in [1.165, 1.54) is 6.07 Å². The molecule has 0 aliphatic rings. The number of hydrogen-bond donors (Lipinski definition) is 1. The van der Waals surface area contributed by atoms with Gasteiger partial charge in [-0.1, -0.05) is 6.07 Å². The van der Waals surface area contributed by atoms with Gasteiger partial charge in [0.05, 0.1) is 6.61 Å². The van der Waals surface area contributed by atoms with Crippen LogP contribution in [0.4, 0.5) is 10.1 Å². The van der Waals surface area contributed by atoms with Gasteiger partial charge in [-0.25, -0.2) is 4.39 Å². The first kappa shape index (κ1) is 15.9. The standard InChI is InChI=1S/C15H25FN2O/c1-11(2)18(9-10-19-5)14-8-6-7-13(16)15(14)12(3)17-4/h6-8,11-12,17H,9-10H2,1-5H3. The molecule has 4 heteroatoms. The highest BCUT2D eigenvalue weighted by molar-refractivity contribution is 5.56. The molecule has 0 aromatic heterocycles. The smallest absolute Gasteiger partial charge is 0.130 e. The van der Waals surface area contributed by atoms with Crippen molar-refractivity contribution in [1.29, 1.82) is 0 Å². The summed E-state index contributed by atoms with van der Waals surface area (Å²) in [5, 5.41) is 3.11. The molecule has 0 bridgehead atoms. The van der Waals surface area contributed by atoms with Crippen molar-refractivity contribution < 1.29 is 9.13 Å². The number of benzene rings is 1. The van der Waals surface area contributed by atoms with Crippen LogP contribution in [0.1, 0.15) is 32.4 Å². The Kier molecular flexibility index (Phi) is 6.25. The molecule has 108 valence electrons. The third-order valence-electron chi connectivity index (χ3n) is 3.37. The van der Waals surface area contributed by atoms with Gasteiger partial charge in [0.1, 0.15) is 5.82 Å². The molecule has 1 N–H and O–H groups in total. The lowest BCUT2D eigenvalue weighted by molar-refractivity contribution is 0.203. The molecule has 0 aliphatic carbocycles. The van der Waals surface area contributed by atoms with Gasteiger partial charge in [-0.15, -0.1) is 0 Å². The molecule has 19 heavy (non-hydrogen) atoms. The lowest BCUT2D eigenvalue weighted by atomic mass is 10.0. The van der Waals surface area contributed by atoms with Crippen molar-refractivity contribution in [1.82, 2.24) is 5.32 Å². The van der Waals surface area contributed by atoms with Crippen LogP contribution in [0.25, 0.3) is 0 Å². The molecular formula is C15H25FN2O. The van der Waals surface area contributed by atoms with E-state index in [-0.39, 0.29) is 11.9 Å². The topological polar surface area (TPSA) is 24.5 Å². The normalized spacial score (nSPS) is 12.8. The van der Waals surface area contributed by atoms with Crippen LogP contribution in [0.5, 0.6) is 0 Å². The molecule has 0 heterocycles. The fraction of sp³-hybridized carbons (Fsp3) is 0.600. The van der Waals surface area contributed by atoms with Crippen LogP contribution in [0, 0.1) is 5.82 Å². The molecule has 0 amide bonds. The maximum atomic E-state index is 14.1. The molecule has 1 aromatic rings. The highest BCUT2D eigenvalue weighted by Gasteiger charge is 2.20. The number of nitrogens with zero attached hydrogens (tertiary/aromatic N) is 1. The summed E-state index contributed by atoms with van der Waals surface area (Å²) < 4.78 is 19.3. The average molecular weight is 268 g/mol. The second-order valence-corrected chi connectivity index (χ2v) is 4.96. The molecule has 0 aliphatic heterocycles. The highest BCUT2D eigenvalue weighted by Crippen LogP contribution is 2.30. The van der Waals surface area contributed by atoms with Gasteiger partial charge >= 0.3 is 0 Å². The van der Waals surface area contributed by atoms with Crippen molar-refractivity contribution in [2.24, 2.45) is 0 Å². The molecular weight excluding hydrogens is 243 g/mol. The summed E-state index contributed by atoms with van der Waals surface area (Å²) in [6.07, 6.45) is 0. The molecule has 1 unspecified atom stereocenters. The zero-order valence-corrected chi connectivity index (χ0v) is 12.5. The SMILES string of the molecule is CNC(C)c1c(F)cccc1N(CCOC)C(C)C. The zero-order chi connectivity index (χ0) is 14.4. The van der Waals surface area contributed by atoms with E-state index < -0.39 is 0 Å². The maximum absolute atomic E-state index is 14.1. The van der Waals surface area contributed by atoms with Crippen LogP contribution in [0.15, 0.2) is 18.2 Å². The third kappa shape index (κ3) is 3.91. The van der Waals surface area contributed by atoms with Gasteiger partial charge in [-0.3, -0.25) is 0 Å². The number of rotatable bonds is 7. The Morgan fingerprint density at radius 2 is 2.00 bits per heavy atom. The van der Waals surface area contributed by atoms with Crippen LogP contribution in [-0.2, 0) is 4.74 Å². The van der Waals surface area contributed by atoms with Crippen LogP contribution in [0.2, 0.25) is 0 Å². The largest absolute Gasteiger partial charge is 0.383 e. The number of methoxy groups -OCH3 is 1. The molecule has 0 fully saturated rings. The van der Waals surface area contributed by atoms with Gasteiger partial charge in [0.15, 0.2) is 0 Å². The number of ether oxygens (including phenoxy) is 1. The summed E-state index contributed by atoms with van der Waals surface area (Å²) in [5.74, 6) is -0.164. The Morgan fingerprint density at radius 3 is 2.53 bits per heavy atom. The van der Waals surface area contributed by atoms with Crippen LogP contribution in [-0.4, -0.2) is 33.4 Å². The van der Waals surface area contributed by atoms with Crippen LogP contribution >= 0.6 is 0 Å². The van der Waals surface area contributed by atoms with E-state index in [0.717, 1.165) is 17.8 Å². The molecule has 1 rings (SSSR count). The Labute approximate surface area is 115 Å². The van der Waals surface area contributed by atoms with Gasteiger partial charge in [0, 0.05) is 37.0 Å². The Bertz CT molecular complexity index is 396. The van der Waals surface area contributed by atoms with Crippen molar-refractivity contribution in [2.75, 3.05) is 32.2 Å². The third-order valence-corrected chi connectivity index (χ3v) is 3.37. The molecule has 0 saturated carbocycles. The molecule has 1 atom stereocenters. The predicted octanol–water partition coefficient (Wildman–Crippen LogP) is 2.97. The number of halogens is 1. The maximum Gasteiger partial charge on any atom is 0.130 e. The van der Waals surface area contributed by atoms with E-state index in [1.54, 1.807) is 13.2 Å². The van der Waals surface area contributed by atoms with Crippen LogP contribution < -0.4 is 10.2 Å². The quantitative estimate of drug-likeness (QED) is 0.823. The predicted molar refractivity (Wildman–Crippen MR) is 78.2 cm³/mol. The van der Waals surface area contributed by atoms with E-state index in [4.69, 9.17) is 4.74 Å². The van der Waals surface area contributed by atoms with Crippen molar-refractivity contribution in [3.8, 4) is 0 Å². The number of hydrogen-bond acceptors (Lipinski definition) is 3. The van der Waals surface area contributed by atoms with Gasteiger partial charge in [0.25, 0.3) is 0 Å². The first-order valence-electron chi connectivity index (χ1n) is 6.74.